The van der Waals surface area contributed by atoms with Gasteiger partial charge in [0.1, 0.15) is 5.75 Å². The Labute approximate surface area is 157 Å². The smallest absolute Gasteiger partial charge is 0.314 e. The Hall–Kier alpha value is -1.31. The predicted octanol–water partition coefficient (Wildman–Crippen LogP) is 6.03. The van der Waals surface area contributed by atoms with Crippen LogP contribution in [0.2, 0.25) is 18.1 Å². The van der Waals surface area contributed by atoms with Crippen LogP contribution in [-0.4, -0.2) is 13.4 Å². The maximum Gasteiger partial charge on any atom is 0.314 e. The summed E-state index contributed by atoms with van der Waals surface area (Å²) in [4.78, 5) is 12.4. The number of esters is 1. The zero-order valence-electron chi connectivity index (χ0n) is 15.1. The summed E-state index contributed by atoms with van der Waals surface area (Å²) in [6.07, 6.45) is 8.17. The number of carbonyl (C=O) groups is 1. The van der Waals surface area contributed by atoms with E-state index in [0.717, 1.165) is 24.9 Å². The maximum atomic E-state index is 12.4. The average molecular weight is 378 g/mol. The van der Waals surface area contributed by atoms with Crippen molar-refractivity contribution in [2.24, 2.45) is 5.92 Å². The maximum absolute atomic E-state index is 12.4. The molecular weight excluding hydrogens is 350 g/mol. The lowest BCUT2D eigenvalue weighted by Gasteiger charge is -2.32. The number of rotatable bonds is 8. The predicted molar refractivity (Wildman–Crippen MR) is 104 cm³/mol. The van der Waals surface area contributed by atoms with Gasteiger partial charge in [0.15, 0.2) is 7.38 Å². The molecule has 25 heavy (non-hydrogen) atoms. The molecule has 0 saturated carbocycles. The van der Waals surface area contributed by atoms with E-state index < -0.39 is 7.38 Å². The molecule has 0 spiro atoms. The van der Waals surface area contributed by atoms with Crippen molar-refractivity contribution in [1.29, 1.82) is 5.26 Å². The van der Waals surface area contributed by atoms with E-state index in [-0.39, 0.29) is 11.9 Å². The summed E-state index contributed by atoms with van der Waals surface area (Å²) < 4.78 is 5.47. The summed E-state index contributed by atoms with van der Waals surface area (Å²) in [5, 5.41) is 8.80. The molecule has 1 aromatic carbocycles. The molecule has 136 valence electrons. The third-order valence-electron chi connectivity index (χ3n) is 5.15. The van der Waals surface area contributed by atoms with Gasteiger partial charge in [-0.15, -0.1) is 0 Å². The molecule has 2 rings (SSSR count). The van der Waals surface area contributed by atoms with Crippen molar-refractivity contribution in [1.82, 2.24) is 0 Å². The molecule has 3 nitrogen and oxygen atoms in total. The number of hydrogen-bond acceptors (Lipinski definition) is 3. The quantitative estimate of drug-likeness (QED) is 0.183. The fourth-order valence-corrected chi connectivity index (χ4v) is 7.88. The van der Waals surface area contributed by atoms with Crippen LogP contribution in [0.4, 0.5) is 0 Å². The van der Waals surface area contributed by atoms with Gasteiger partial charge < -0.3 is 4.74 Å². The highest BCUT2D eigenvalue weighted by atomic mass is 35.6. The van der Waals surface area contributed by atoms with Crippen molar-refractivity contribution >= 4 is 24.4 Å². The Morgan fingerprint density at radius 1 is 1.20 bits per heavy atom. The van der Waals surface area contributed by atoms with E-state index in [1.807, 2.05) is 0 Å². The number of halogens is 1. The minimum absolute atomic E-state index is 0.0323. The third-order valence-corrected chi connectivity index (χ3v) is 10.5. The Morgan fingerprint density at radius 3 is 2.44 bits per heavy atom. The Balaban J connectivity index is 1.74. The molecule has 0 unspecified atom stereocenters. The highest BCUT2D eigenvalue weighted by Crippen LogP contribution is 2.39. The number of hydrogen-bond donors (Lipinski definition) is 0. The lowest BCUT2D eigenvalue weighted by atomic mass is 10.0. The van der Waals surface area contributed by atoms with Crippen molar-refractivity contribution in [3.63, 3.8) is 0 Å². The second-order valence-electron chi connectivity index (χ2n) is 7.15. The van der Waals surface area contributed by atoms with Crippen LogP contribution in [0, 0.1) is 17.2 Å². The van der Waals surface area contributed by atoms with Crippen molar-refractivity contribution < 1.29 is 9.53 Å². The van der Waals surface area contributed by atoms with E-state index in [2.05, 4.69) is 13.0 Å². The first kappa shape index (κ1) is 20.0. The summed E-state index contributed by atoms with van der Waals surface area (Å²) in [6.45, 7) is 2.23. The minimum atomic E-state index is -1.66. The summed E-state index contributed by atoms with van der Waals surface area (Å²) in [7, 11) is -1.66. The zero-order valence-corrected chi connectivity index (χ0v) is 16.9. The molecule has 0 amide bonds. The van der Waals surface area contributed by atoms with Gasteiger partial charge in [-0.1, -0.05) is 39.0 Å². The average Bonchev–Trinajstić information content (AvgIpc) is 2.62. The van der Waals surface area contributed by atoms with Crippen LogP contribution in [0.3, 0.4) is 0 Å². The molecule has 1 saturated heterocycles. The SMILES string of the molecule is CCCCCCC[Si]1(Cl)CCC(C(=O)Oc2ccc(C#N)cc2)CC1. The highest BCUT2D eigenvalue weighted by Gasteiger charge is 2.38. The van der Waals surface area contributed by atoms with E-state index in [4.69, 9.17) is 21.1 Å². The van der Waals surface area contributed by atoms with Crippen LogP contribution in [0.5, 0.6) is 5.75 Å². The van der Waals surface area contributed by atoms with Crippen LogP contribution in [0.1, 0.15) is 57.4 Å². The number of ether oxygens (including phenoxy) is 1. The minimum Gasteiger partial charge on any atom is -0.426 e. The van der Waals surface area contributed by atoms with Crippen LogP contribution in [-0.2, 0) is 4.79 Å². The molecular formula is C20H28ClNO2Si. The molecule has 1 aliphatic rings. The molecule has 0 radical (unpaired) electrons. The summed E-state index contributed by atoms with van der Waals surface area (Å²) >= 11 is 6.91. The molecule has 0 atom stereocenters. The highest BCUT2D eigenvalue weighted by molar-refractivity contribution is 7.20. The number of carbonyl (C=O) groups excluding carboxylic acids is 1. The summed E-state index contributed by atoms with van der Waals surface area (Å²) in [5.74, 6) is 0.329. The largest absolute Gasteiger partial charge is 0.426 e. The van der Waals surface area contributed by atoms with Crippen molar-refractivity contribution in [2.45, 2.75) is 70.0 Å². The number of unbranched alkanes of at least 4 members (excludes halogenated alkanes) is 4. The molecule has 1 fully saturated rings. The molecule has 1 heterocycles. The molecule has 0 bridgehead atoms. The molecule has 0 N–H and O–H groups in total. The van der Waals surface area contributed by atoms with Crippen LogP contribution in [0.25, 0.3) is 0 Å². The van der Waals surface area contributed by atoms with E-state index in [9.17, 15) is 4.79 Å². The topological polar surface area (TPSA) is 50.1 Å². The van der Waals surface area contributed by atoms with E-state index in [1.165, 1.54) is 38.1 Å². The van der Waals surface area contributed by atoms with Crippen molar-refractivity contribution in [3.8, 4) is 11.8 Å². The number of benzene rings is 1. The fourth-order valence-electron chi connectivity index (χ4n) is 3.46. The van der Waals surface area contributed by atoms with Gasteiger partial charge in [0.25, 0.3) is 0 Å². The number of nitriles is 1. The lowest BCUT2D eigenvalue weighted by Crippen LogP contribution is -2.35. The van der Waals surface area contributed by atoms with Gasteiger partial charge in [0.05, 0.1) is 17.6 Å². The van der Waals surface area contributed by atoms with E-state index in [0.29, 0.717) is 11.3 Å². The molecule has 1 aliphatic heterocycles. The van der Waals surface area contributed by atoms with Crippen LogP contribution < -0.4 is 4.74 Å². The Kier molecular flexibility index (Phi) is 7.99. The van der Waals surface area contributed by atoms with Crippen LogP contribution in [0.15, 0.2) is 24.3 Å². The van der Waals surface area contributed by atoms with Gasteiger partial charge >= 0.3 is 5.97 Å². The molecule has 1 aromatic rings. The van der Waals surface area contributed by atoms with Gasteiger partial charge in [-0.3, -0.25) is 4.79 Å². The normalized spacial score (nSPS) is 23.0. The molecule has 0 aromatic heterocycles. The standard InChI is InChI=1S/C20H28ClNO2Si/c1-2-3-4-5-6-13-25(21)14-11-18(12-15-25)20(23)24-19-9-7-17(16-22)8-10-19/h7-10,18H,2-6,11-15H2,1H3. The number of nitrogens with zero attached hydrogens (tertiary/aromatic N) is 1. The fraction of sp³-hybridized carbons (Fsp3) is 0.600. The molecule has 5 heteroatoms. The Morgan fingerprint density at radius 2 is 1.84 bits per heavy atom. The first-order chi connectivity index (χ1) is 12.1. The summed E-state index contributed by atoms with van der Waals surface area (Å²) in [5.41, 5.74) is 0.564. The van der Waals surface area contributed by atoms with E-state index >= 15 is 0 Å². The van der Waals surface area contributed by atoms with Gasteiger partial charge in [-0.2, -0.15) is 16.3 Å². The first-order valence-electron chi connectivity index (χ1n) is 9.47. The zero-order chi connectivity index (χ0) is 18.1. The second kappa shape index (κ2) is 9.99. The lowest BCUT2D eigenvalue weighted by molar-refractivity contribution is -0.139. The van der Waals surface area contributed by atoms with Crippen molar-refractivity contribution in [2.75, 3.05) is 0 Å². The molecule has 0 aliphatic carbocycles. The van der Waals surface area contributed by atoms with E-state index in [1.54, 1.807) is 24.3 Å². The van der Waals surface area contributed by atoms with Gasteiger partial charge in [-0.05, 0) is 55.2 Å². The monoisotopic (exact) mass is 377 g/mol. The van der Waals surface area contributed by atoms with Gasteiger partial charge in [0.2, 0.25) is 0 Å². The first-order valence-corrected chi connectivity index (χ1v) is 13.1. The third kappa shape index (κ3) is 6.49. The summed E-state index contributed by atoms with van der Waals surface area (Å²) in [6, 6.07) is 12.0. The van der Waals surface area contributed by atoms with Gasteiger partial charge in [0, 0.05) is 0 Å². The van der Waals surface area contributed by atoms with Gasteiger partial charge in [-0.25, -0.2) is 0 Å². The van der Waals surface area contributed by atoms with Crippen molar-refractivity contribution in [3.05, 3.63) is 29.8 Å². The second-order valence-corrected chi connectivity index (χ2v) is 13.4. The Bertz CT molecular complexity index is 589. The van der Waals surface area contributed by atoms with Crippen LogP contribution >= 0.6 is 11.1 Å².